The number of anilines is 1. The number of aromatic nitrogens is 1. The number of benzene rings is 1. The highest BCUT2D eigenvalue weighted by Gasteiger charge is 2.51. The van der Waals surface area contributed by atoms with Crippen molar-refractivity contribution in [3.05, 3.63) is 65.2 Å². The predicted octanol–water partition coefficient (Wildman–Crippen LogP) is 4.97. The highest BCUT2D eigenvalue weighted by atomic mass is 19.1. The fraction of sp³-hybridized carbons (Fsp3) is 0.444. The molecule has 172 valence electrons. The minimum Gasteiger partial charge on any atom is -0.370 e. The Hall–Kier alpha value is -3.02. The topological polar surface area (TPSA) is 85.1 Å². The lowest BCUT2D eigenvalue weighted by atomic mass is 9.54. The average molecular weight is 448 g/mol. The van der Waals surface area contributed by atoms with Crippen molar-refractivity contribution in [2.75, 3.05) is 5.32 Å². The number of rotatable bonds is 5. The molecule has 1 aromatic carbocycles. The normalized spacial score (nSPS) is 27.7. The lowest BCUT2D eigenvalue weighted by Gasteiger charge is -2.50. The van der Waals surface area contributed by atoms with Gasteiger partial charge in [-0.1, -0.05) is 19.1 Å². The Balaban J connectivity index is 1.33. The molecule has 5 nitrogen and oxygen atoms in total. The second-order valence-electron chi connectivity index (χ2n) is 10.0. The summed E-state index contributed by atoms with van der Waals surface area (Å²) in [7, 11) is 0. The van der Waals surface area contributed by atoms with Gasteiger partial charge >= 0.3 is 0 Å². The summed E-state index contributed by atoms with van der Waals surface area (Å²) >= 11 is 0. The van der Waals surface area contributed by atoms with Gasteiger partial charge in [0.15, 0.2) is 0 Å². The molecule has 5 rings (SSSR count). The van der Waals surface area contributed by atoms with Crippen molar-refractivity contribution in [1.29, 1.82) is 0 Å². The van der Waals surface area contributed by atoms with E-state index in [0.29, 0.717) is 17.8 Å². The third-order valence-corrected chi connectivity index (χ3v) is 8.21. The molecule has 0 spiro atoms. The van der Waals surface area contributed by atoms with E-state index in [-0.39, 0.29) is 30.0 Å². The van der Waals surface area contributed by atoms with E-state index in [9.17, 15) is 14.0 Å². The second kappa shape index (κ2) is 8.40. The van der Waals surface area contributed by atoms with Crippen molar-refractivity contribution in [3.8, 4) is 0 Å². The molecule has 3 N–H and O–H groups in total. The van der Waals surface area contributed by atoms with Gasteiger partial charge in [-0.05, 0) is 95.7 Å². The first kappa shape index (κ1) is 21.8. The molecule has 33 heavy (non-hydrogen) atoms. The van der Waals surface area contributed by atoms with Gasteiger partial charge in [0.2, 0.25) is 11.8 Å². The number of carbonyl (C=O) groups is 2. The maximum atomic E-state index is 13.9. The summed E-state index contributed by atoms with van der Waals surface area (Å²) in [5.74, 6) is 0.734. The molecule has 6 heteroatoms. The maximum Gasteiger partial charge on any atom is 0.224 e. The van der Waals surface area contributed by atoms with Crippen LogP contribution < -0.4 is 11.1 Å². The fourth-order valence-electron chi connectivity index (χ4n) is 6.69. The third-order valence-electron chi connectivity index (χ3n) is 8.21. The van der Waals surface area contributed by atoms with Crippen LogP contribution in [0.25, 0.3) is 5.57 Å². The lowest BCUT2D eigenvalue weighted by molar-refractivity contribution is -0.122. The Morgan fingerprint density at radius 3 is 2.85 bits per heavy atom. The summed E-state index contributed by atoms with van der Waals surface area (Å²) in [6.45, 7) is 2.36. The van der Waals surface area contributed by atoms with Gasteiger partial charge < -0.3 is 11.1 Å². The number of aryl methyl sites for hydroxylation is 1. The van der Waals surface area contributed by atoms with Crippen LogP contribution in [0, 0.1) is 23.1 Å². The monoisotopic (exact) mass is 447 g/mol. The van der Waals surface area contributed by atoms with E-state index < -0.39 is 5.91 Å². The first-order valence-electron chi connectivity index (χ1n) is 11.9. The van der Waals surface area contributed by atoms with Crippen LogP contribution in [0.4, 0.5) is 10.1 Å². The van der Waals surface area contributed by atoms with Gasteiger partial charge in [0.05, 0.1) is 6.20 Å². The number of nitrogens with one attached hydrogen (secondary N) is 1. The molecule has 0 unspecified atom stereocenters. The summed E-state index contributed by atoms with van der Waals surface area (Å²) in [6.07, 6.45) is 10.9. The standard InChI is InChI=1S/C27H30FN3O2/c1-27-11-10-21-20-5-3-19(31-26(33)9-8-25(29)32)13-16(20)2-4-22(21)24(27)7-6-23(27)17-12-18(28)15-30-14-17/h3,5-6,12-15,21-22,24H,2,4,7-11H2,1H3,(H2,29,32)(H,31,33)/t21-,22-,24+,27-/m1/s1. The highest BCUT2D eigenvalue weighted by Crippen LogP contribution is 2.63. The van der Waals surface area contributed by atoms with E-state index in [1.165, 1.54) is 22.9 Å². The predicted molar refractivity (Wildman–Crippen MR) is 126 cm³/mol. The first-order valence-corrected chi connectivity index (χ1v) is 11.9. The van der Waals surface area contributed by atoms with Gasteiger partial charge in [-0.25, -0.2) is 4.39 Å². The van der Waals surface area contributed by atoms with Crippen molar-refractivity contribution in [3.63, 3.8) is 0 Å². The van der Waals surface area contributed by atoms with E-state index >= 15 is 0 Å². The van der Waals surface area contributed by atoms with Crippen LogP contribution in [-0.4, -0.2) is 16.8 Å². The average Bonchev–Trinajstić information content (AvgIpc) is 3.14. The Kier molecular flexibility index (Phi) is 5.55. The van der Waals surface area contributed by atoms with E-state index in [2.05, 4.69) is 35.4 Å². The zero-order valence-electron chi connectivity index (χ0n) is 18.9. The zero-order valence-corrected chi connectivity index (χ0v) is 18.9. The molecule has 2 aromatic rings. The van der Waals surface area contributed by atoms with Crippen molar-refractivity contribution >= 4 is 23.1 Å². The molecular weight excluding hydrogens is 417 g/mol. The van der Waals surface area contributed by atoms with E-state index in [0.717, 1.165) is 43.4 Å². The van der Waals surface area contributed by atoms with Gasteiger partial charge in [0.25, 0.3) is 0 Å². The molecule has 1 heterocycles. The molecule has 0 saturated heterocycles. The smallest absolute Gasteiger partial charge is 0.224 e. The van der Waals surface area contributed by atoms with Crippen LogP contribution in [-0.2, 0) is 16.0 Å². The van der Waals surface area contributed by atoms with Crippen LogP contribution in [0.5, 0.6) is 0 Å². The number of fused-ring (bicyclic) bond motifs is 5. The number of hydrogen-bond donors (Lipinski definition) is 2. The summed E-state index contributed by atoms with van der Waals surface area (Å²) in [6, 6.07) is 7.87. The van der Waals surface area contributed by atoms with Crippen molar-refractivity contribution in [2.24, 2.45) is 23.0 Å². The van der Waals surface area contributed by atoms with Crippen molar-refractivity contribution in [1.82, 2.24) is 4.98 Å². The molecule has 2 amide bonds. The van der Waals surface area contributed by atoms with Gasteiger partial charge in [0, 0.05) is 24.7 Å². The number of halogens is 1. The summed E-state index contributed by atoms with van der Waals surface area (Å²) < 4.78 is 13.9. The van der Waals surface area contributed by atoms with Crippen LogP contribution in [0.15, 0.2) is 42.7 Å². The largest absolute Gasteiger partial charge is 0.370 e. The number of nitrogens with two attached hydrogens (primary N) is 1. The van der Waals surface area contributed by atoms with Crippen molar-refractivity contribution < 1.29 is 14.0 Å². The first-order chi connectivity index (χ1) is 15.8. The second-order valence-corrected chi connectivity index (χ2v) is 10.0. The van der Waals surface area contributed by atoms with Crippen LogP contribution in [0.2, 0.25) is 0 Å². The molecule has 3 aliphatic rings. The number of amides is 2. The highest BCUT2D eigenvalue weighted by molar-refractivity contribution is 5.93. The molecule has 3 aliphatic carbocycles. The lowest BCUT2D eigenvalue weighted by Crippen LogP contribution is -2.40. The number of hydrogen-bond acceptors (Lipinski definition) is 3. The molecule has 1 saturated carbocycles. The van der Waals surface area contributed by atoms with Gasteiger partial charge in [-0.2, -0.15) is 0 Å². The van der Waals surface area contributed by atoms with E-state index in [1.54, 1.807) is 12.3 Å². The van der Waals surface area contributed by atoms with Crippen molar-refractivity contribution in [2.45, 2.75) is 57.8 Å². The Morgan fingerprint density at radius 2 is 2.06 bits per heavy atom. The van der Waals surface area contributed by atoms with Gasteiger partial charge in [-0.15, -0.1) is 0 Å². The molecule has 0 bridgehead atoms. The molecular formula is C27H30FN3O2. The summed E-state index contributed by atoms with van der Waals surface area (Å²) in [5.41, 5.74) is 10.9. The molecule has 4 atom stereocenters. The van der Waals surface area contributed by atoms with Gasteiger partial charge in [0.1, 0.15) is 5.82 Å². The fourth-order valence-corrected chi connectivity index (χ4v) is 6.69. The Morgan fingerprint density at radius 1 is 1.21 bits per heavy atom. The summed E-state index contributed by atoms with van der Waals surface area (Å²) in [5, 5.41) is 2.90. The SMILES string of the molecule is C[C@]12CC[C@@H]3c4ccc(NC(=O)CCC(N)=O)cc4CC[C@H]3[C@@H]1CC=C2c1cncc(F)c1. The number of allylic oxidation sites excluding steroid dienone is 2. The van der Waals surface area contributed by atoms with E-state index in [1.807, 2.05) is 6.07 Å². The summed E-state index contributed by atoms with van der Waals surface area (Å²) in [4.78, 5) is 27.1. The number of carbonyl (C=O) groups excluding carboxylic acids is 2. The molecule has 0 radical (unpaired) electrons. The van der Waals surface area contributed by atoms with Gasteiger partial charge in [-0.3, -0.25) is 14.6 Å². The zero-order chi connectivity index (χ0) is 23.2. The van der Waals surface area contributed by atoms with Crippen LogP contribution in [0.1, 0.15) is 68.1 Å². The van der Waals surface area contributed by atoms with E-state index in [4.69, 9.17) is 5.73 Å². The molecule has 0 aliphatic heterocycles. The number of pyridine rings is 1. The Labute approximate surface area is 193 Å². The maximum absolute atomic E-state index is 13.9. The van der Waals surface area contributed by atoms with Crippen LogP contribution in [0.3, 0.4) is 0 Å². The molecule has 1 fully saturated rings. The third kappa shape index (κ3) is 3.96. The van der Waals surface area contributed by atoms with Crippen LogP contribution >= 0.6 is 0 Å². The number of nitrogens with zero attached hydrogens (tertiary/aromatic N) is 1. The minimum atomic E-state index is -0.468. The quantitative estimate of drug-likeness (QED) is 0.678. The number of primary amides is 1. The Bertz CT molecular complexity index is 1140. The molecule has 1 aromatic heterocycles. The minimum absolute atomic E-state index is 0.0579.